The largest absolute Gasteiger partial charge is 0.461 e. The van der Waals surface area contributed by atoms with Crippen LogP contribution in [0.25, 0.3) is 11.5 Å². The average Bonchev–Trinajstić information content (AvgIpc) is 2.85. The van der Waals surface area contributed by atoms with Gasteiger partial charge in [0.15, 0.2) is 17.8 Å². The predicted molar refractivity (Wildman–Crippen MR) is 46.8 cm³/mol. The van der Waals surface area contributed by atoms with E-state index in [0.29, 0.717) is 5.76 Å². The number of carbonyl (C=O) groups excluding carboxylic acids is 2. The summed E-state index contributed by atoms with van der Waals surface area (Å²) in [5.41, 5.74) is 0.218. The highest BCUT2D eigenvalue weighted by atomic mass is 16.4. The van der Waals surface area contributed by atoms with E-state index in [0.717, 1.165) is 0 Å². The number of carbonyl (C=O) groups is 2. The molecule has 0 aliphatic rings. The number of ketones is 1. The van der Waals surface area contributed by atoms with E-state index in [1.54, 1.807) is 12.1 Å². The third-order valence-corrected chi connectivity index (χ3v) is 1.78. The summed E-state index contributed by atoms with van der Waals surface area (Å²) in [6, 6.07) is 4.77. The van der Waals surface area contributed by atoms with Gasteiger partial charge in [-0.2, -0.15) is 0 Å². The van der Waals surface area contributed by atoms with Crippen molar-refractivity contribution in [1.82, 2.24) is 0 Å². The fraction of sp³-hybridized carbons (Fsp3) is 0. The molecule has 0 N–H and O–H groups in total. The Hall–Kier alpha value is -2.10. The zero-order valence-electron chi connectivity index (χ0n) is 7.10. The Morgan fingerprint density at radius 3 is 2.71 bits per heavy atom. The van der Waals surface area contributed by atoms with Crippen LogP contribution in [0.5, 0.6) is 0 Å². The molecule has 0 saturated heterocycles. The van der Waals surface area contributed by atoms with Crippen LogP contribution in [0.3, 0.4) is 0 Å². The van der Waals surface area contributed by atoms with Gasteiger partial charge in [-0.3, -0.25) is 9.59 Å². The maximum Gasteiger partial charge on any atom is 0.229 e. The Bertz CT molecular complexity index is 450. The summed E-state index contributed by atoms with van der Waals surface area (Å²) in [5, 5.41) is 0. The minimum absolute atomic E-state index is 0.218. The first-order chi connectivity index (χ1) is 6.83. The van der Waals surface area contributed by atoms with Gasteiger partial charge < -0.3 is 8.83 Å². The van der Waals surface area contributed by atoms with Crippen LogP contribution in [0, 0.1) is 0 Å². The molecule has 2 rings (SSSR count). The maximum atomic E-state index is 11.1. The molecule has 0 bridgehead atoms. The smallest absolute Gasteiger partial charge is 0.229 e. The summed E-state index contributed by atoms with van der Waals surface area (Å²) in [4.78, 5) is 21.4. The summed E-state index contributed by atoms with van der Waals surface area (Å²) in [6.45, 7) is 0. The van der Waals surface area contributed by atoms with E-state index in [4.69, 9.17) is 8.83 Å². The van der Waals surface area contributed by atoms with Gasteiger partial charge in [-0.25, -0.2) is 0 Å². The highest BCUT2D eigenvalue weighted by Crippen LogP contribution is 2.25. The topological polar surface area (TPSA) is 60.4 Å². The normalized spacial score (nSPS) is 10.0. The second-order valence-electron chi connectivity index (χ2n) is 2.62. The number of hydrogen-bond acceptors (Lipinski definition) is 4. The molecule has 14 heavy (non-hydrogen) atoms. The minimum Gasteiger partial charge on any atom is -0.461 e. The van der Waals surface area contributed by atoms with Crippen LogP contribution in [0.2, 0.25) is 0 Å². The van der Waals surface area contributed by atoms with Crippen molar-refractivity contribution >= 4 is 12.1 Å². The van der Waals surface area contributed by atoms with Crippen LogP contribution in [-0.2, 0) is 4.79 Å². The highest BCUT2D eigenvalue weighted by molar-refractivity contribution is 6.34. The van der Waals surface area contributed by atoms with Crippen LogP contribution in [0.15, 0.2) is 39.6 Å². The maximum absolute atomic E-state index is 11.1. The van der Waals surface area contributed by atoms with Gasteiger partial charge in [0.05, 0.1) is 18.1 Å². The monoisotopic (exact) mass is 190 g/mol. The zero-order chi connectivity index (χ0) is 9.97. The molecule has 4 heteroatoms. The van der Waals surface area contributed by atoms with Gasteiger partial charge in [0.25, 0.3) is 0 Å². The molecular formula is C10H6O4. The predicted octanol–water partition coefficient (Wildman–Crippen LogP) is 1.92. The molecular weight excluding hydrogens is 184 g/mol. The molecule has 0 aliphatic carbocycles. The molecule has 0 spiro atoms. The summed E-state index contributed by atoms with van der Waals surface area (Å²) in [7, 11) is 0. The van der Waals surface area contributed by atoms with Crippen molar-refractivity contribution in [2.24, 2.45) is 0 Å². The van der Waals surface area contributed by atoms with Crippen molar-refractivity contribution in [2.45, 2.75) is 0 Å². The van der Waals surface area contributed by atoms with Crippen LogP contribution in [-0.4, -0.2) is 12.1 Å². The Morgan fingerprint density at radius 1 is 1.21 bits per heavy atom. The van der Waals surface area contributed by atoms with Gasteiger partial charge >= 0.3 is 0 Å². The van der Waals surface area contributed by atoms with Crippen LogP contribution in [0.1, 0.15) is 10.4 Å². The SMILES string of the molecule is O=CC(=O)c1ccoc1-c1ccco1. The third kappa shape index (κ3) is 1.26. The number of furan rings is 2. The van der Waals surface area contributed by atoms with E-state index in [2.05, 4.69) is 0 Å². The Morgan fingerprint density at radius 2 is 2.07 bits per heavy atom. The number of hydrogen-bond donors (Lipinski definition) is 0. The molecule has 2 aromatic heterocycles. The molecule has 0 atom stereocenters. The van der Waals surface area contributed by atoms with E-state index >= 15 is 0 Å². The first-order valence-electron chi connectivity index (χ1n) is 3.94. The first-order valence-corrected chi connectivity index (χ1v) is 3.94. The Kier molecular flexibility index (Phi) is 2.02. The molecule has 0 fully saturated rings. The van der Waals surface area contributed by atoms with E-state index < -0.39 is 5.78 Å². The summed E-state index contributed by atoms with van der Waals surface area (Å²) >= 11 is 0. The van der Waals surface area contributed by atoms with Crippen molar-refractivity contribution in [3.63, 3.8) is 0 Å². The lowest BCUT2D eigenvalue weighted by Crippen LogP contribution is -1.99. The van der Waals surface area contributed by atoms with Gasteiger partial charge in [-0.15, -0.1) is 0 Å². The second-order valence-corrected chi connectivity index (χ2v) is 2.62. The van der Waals surface area contributed by atoms with E-state index in [-0.39, 0.29) is 17.6 Å². The van der Waals surface area contributed by atoms with Crippen molar-refractivity contribution in [2.75, 3.05) is 0 Å². The molecule has 0 amide bonds. The molecule has 0 aliphatic heterocycles. The quantitative estimate of drug-likeness (QED) is 0.421. The molecule has 0 unspecified atom stereocenters. The van der Waals surface area contributed by atoms with Crippen molar-refractivity contribution in [3.05, 3.63) is 36.3 Å². The summed E-state index contributed by atoms with van der Waals surface area (Å²) < 4.78 is 10.1. The number of rotatable bonds is 3. The molecule has 70 valence electrons. The molecule has 2 aromatic rings. The van der Waals surface area contributed by atoms with Crippen molar-refractivity contribution < 1.29 is 18.4 Å². The minimum atomic E-state index is -0.620. The lowest BCUT2D eigenvalue weighted by atomic mass is 10.1. The lowest BCUT2D eigenvalue weighted by Gasteiger charge is -1.92. The third-order valence-electron chi connectivity index (χ3n) is 1.78. The molecule has 0 aromatic carbocycles. The number of aldehydes is 1. The molecule has 4 nitrogen and oxygen atoms in total. The van der Waals surface area contributed by atoms with Gasteiger partial charge in [0.2, 0.25) is 5.78 Å². The first kappa shape index (κ1) is 8.50. The molecule has 0 radical (unpaired) electrons. The standard InChI is InChI=1S/C10H6O4/c11-6-8(12)7-3-5-14-10(7)9-2-1-4-13-9/h1-6H. The summed E-state index contributed by atoms with van der Waals surface area (Å²) in [5.74, 6) is 0.0949. The fourth-order valence-corrected chi connectivity index (χ4v) is 1.17. The average molecular weight is 190 g/mol. The Labute approximate surface area is 79.1 Å². The van der Waals surface area contributed by atoms with Crippen LogP contribution < -0.4 is 0 Å². The van der Waals surface area contributed by atoms with Gasteiger partial charge in [0, 0.05) is 0 Å². The Balaban J connectivity index is 2.50. The van der Waals surface area contributed by atoms with Crippen LogP contribution >= 0.6 is 0 Å². The van der Waals surface area contributed by atoms with E-state index in [1.165, 1.54) is 18.6 Å². The van der Waals surface area contributed by atoms with Crippen molar-refractivity contribution in [1.29, 1.82) is 0 Å². The molecule has 2 heterocycles. The van der Waals surface area contributed by atoms with Crippen LogP contribution in [0.4, 0.5) is 0 Å². The number of Topliss-reactive ketones (excluding diaryl/α,β-unsaturated/α-hetero) is 1. The lowest BCUT2D eigenvalue weighted by molar-refractivity contribution is -0.104. The fourth-order valence-electron chi connectivity index (χ4n) is 1.17. The van der Waals surface area contributed by atoms with Gasteiger partial charge in [0.1, 0.15) is 0 Å². The van der Waals surface area contributed by atoms with E-state index in [1.807, 2.05) is 0 Å². The van der Waals surface area contributed by atoms with Crippen molar-refractivity contribution in [3.8, 4) is 11.5 Å². The highest BCUT2D eigenvalue weighted by Gasteiger charge is 2.16. The zero-order valence-corrected chi connectivity index (χ0v) is 7.10. The summed E-state index contributed by atoms with van der Waals surface area (Å²) in [6.07, 6.45) is 3.05. The van der Waals surface area contributed by atoms with Gasteiger partial charge in [-0.1, -0.05) is 0 Å². The van der Waals surface area contributed by atoms with E-state index in [9.17, 15) is 9.59 Å². The van der Waals surface area contributed by atoms with Gasteiger partial charge in [-0.05, 0) is 18.2 Å². The molecule has 0 saturated carbocycles. The second kappa shape index (κ2) is 3.33.